The number of aromatic amines is 1. The minimum Gasteiger partial charge on any atom is -0.395 e. The summed E-state index contributed by atoms with van der Waals surface area (Å²) in [6.07, 6.45) is 1.88. The van der Waals surface area contributed by atoms with Gasteiger partial charge in [0.1, 0.15) is 5.82 Å². The van der Waals surface area contributed by atoms with Gasteiger partial charge >= 0.3 is 0 Å². The van der Waals surface area contributed by atoms with Gasteiger partial charge in [-0.1, -0.05) is 0 Å². The van der Waals surface area contributed by atoms with Gasteiger partial charge in [-0.25, -0.2) is 32.5 Å². The Hall–Kier alpha value is -2.97. The molecule has 4 rings (SSSR count). The topological polar surface area (TPSA) is 151 Å². The fraction of sp³-hybridized carbons (Fsp3) is 0.409. The molecule has 188 valence electrons. The Morgan fingerprint density at radius 2 is 1.91 bits per heavy atom. The van der Waals surface area contributed by atoms with Crippen molar-refractivity contribution in [2.75, 3.05) is 37.9 Å². The summed E-state index contributed by atoms with van der Waals surface area (Å²) in [7, 11) is -3.35. The lowest BCUT2D eigenvalue weighted by Crippen LogP contribution is -2.43. The Balaban J connectivity index is 1.61. The van der Waals surface area contributed by atoms with Crippen molar-refractivity contribution >= 4 is 16.0 Å². The SMILES string of the molecule is CC(NS(C)(=O)=O)C1COC(c2nc(-c3ccc(F)cc3)c(-c3ccnc(NCCO)n3)[nH]2)OC1. The molecule has 3 heterocycles. The predicted molar refractivity (Wildman–Crippen MR) is 126 cm³/mol. The number of anilines is 1. The number of H-pyrrole nitrogens is 1. The van der Waals surface area contributed by atoms with Gasteiger partial charge in [0.2, 0.25) is 22.3 Å². The van der Waals surface area contributed by atoms with Crippen LogP contribution in [0, 0.1) is 11.7 Å². The number of halogens is 1. The van der Waals surface area contributed by atoms with Crippen LogP contribution in [0.2, 0.25) is 0 Å². The number of ether oxygens (including phenoxy) is 2. The number of hydrogen-bond acceptors (Lipinski definition) is 9. The van der Waals surface area contributed by atoms with Crippen LogP contribution in [0.1, 0.15) is 19.0 Å². The number of sulfonamides is 1. The van der Waals surface area contributed by atoms with Crippen molar-refractivity contribution in [2.45, 2.75) is 19.3 Å². The quantitative estimate of drug-likeness (QED) is 0.340. The third-order valence-corrected chi connectivity index (χ3v) is 6.20. The van der Waals surface area contributed by atoms with Gasteiger partial charge in [-0.3, -0.25) is 0 Å². The van der Waals surface area contributed by atoms with Crippen LogP contribution >= 0.6 is 0 Å². The van der Waals surface area contributed by atoms with Crippen molar-refractivity contribution in [3.63, 3.8) is 0 Å². The molecule has 1 saturated heterocycles. The Morgan fingerprint density at radius 1 is 1.20 bits per heavy atom. The normalized spacial score (nSPS) is 19.4. The zero-order valence-electron chi connectivity index (χ0n) is 19.2. The number of aliphatic hydroxyl groups is 1. The maximum absolute atomic E-state index is 13.5. The highest BCUT2D eigenvalue weighted by molar-refractivity contribution is 7.88. The van der Waals surface area contributed by atoms with Crippen molar-refractivity contribution in [2.24, 2.45) is 5.92 Å². The van der Waals surface area contributed by atoms with E-state index in [1.165, 1.54) is 12.1 Å². The molecule has 1 unspecified atom stereocenters. The average Bonchev–Trinajstić information content (AvgIpc) is 3.28. The maximum atomic E-state index is 13.5. The molecule has 1 aromatic carbocycles. The first kappa shape index (κ1) is 25.1. The summed E-state index contributed by atoms with van der Waals surface area (Å²) in [6.45, 7) is 2.50. The van der Waals surface area contributed by atoms with E-state index in [0.717, 1.165) is 6.26 Å². The summed E-state index contributed by atoms with van der Waals surface area (Å²) in [5.41, 5.74) is 2.26. The number of aliphatic hydroxyl groups excluding tert-OH is 1. The number of benzene rings is 1. The summed E-state index contributed by atoms with van der Waals surface area (Å²) in [4.78, 5) is 16.5. The van der Waals surface area contributed by atoms with Gasteiger partial charge in [0.15, 0.2) is 5.82 Å². The molecule has 3 aromatic rings. The summed E-state index contributed by atoms with van der Waals surface area (Å²) >= 11 is 0. The van der Waals surface area contributed by atoms with Crippen LogP contribution in [0.25, 0.3) is 22.6 Å². The molecule has 0 saturated carbocycles. The number of nitrogens with one attached hydrogen (secondary N) is 3. The zero-order valence-corrected chi connectivity index (χ0v) is 20.0. The lowest BCUT2D eigenvalue weighted by Gasteiger charge is -2.31. The molecule has 2 aromatic heterocycles. The van der Waals surface area contributed by atoms with E-state index in [1.807, 2.05) is 0 Å². The molecule has 0 aliphatic carbocycles. The monoisotopic (exact) mass is 506 g/mol. The molecule has 0 spiro atoms. The van der Waals surface area contributed by atoms with Gasteiger partial charge in [-0.05, 0) is 37.3 Å². The van der Waals surface area contributed by atoms with Crippen LogP contribution in [0.4, 0.5) is 10.3 Å². The van der Waals surface area contributed by atoms with Gasteiger partial charge in [0.05, 0.1) is 43.2 Å². The lowest BCUT2D eigenvalue weighted by molar-refractivity contribution is -0.211. The summed E-state index contributed by atoms with van der Waals surface area (Å²) in [6, 6.07) is 7.25. The third kappa shape index (κ3) is 6.38. The van der Waals surface area contributed by atoms with Crippen LogP contribution in [0.15, 0.2) is 36.5 Å². The van der Waals surface area contributed by atoms with Gasteiger partial charge in [-0.15, -0.1) is 0 Å². The molecule has 4 N–H and O–H groups in total. The molecule has 0 radical (unpaired) electrons. The maximum Gasteiger partial charge on any atom is 0.223 e. The lowest BCUT2D eigenvalue weighted by atomic mass is 10.0. The van der Waals surface area contributed by atoms with E-state index in [0.29, 0.717) is 41.0 Å². The highest BCUT2D eigenvalue weighted by Crippen LogP contribution is 2.33. The van der Waals surface area contributed by atoms with Crippen LogP contribution in [-0.4, -0.2) is 72.1 Å². The van der Waals surface area contributed by atoms with E-state index in [9.17, 15) is 12.8 Å². The molecule has 0 amide bonds. The van der Waals surface area contributed by atoms with Gasteiger partial charge in [-0.2, -0.15) is 0 Å². The molecular weight excluding hydrogens is 479 g/mol. The molecule has 0 bridgehead atoms. The molecule has 11 nitrogen and oxygen atoms in total. The van der Waals surface area contributed by atoms with Gasteiger partial charge < -0.3 is 24.9 Å². The van der Waals surface area contributed by atoms with Crippen LogP contribution in [0.5, 0.6) is 0 Å². The van der Waals surface area contributed by atoms with Crippen molar-refractivity contribution in [3.8, 4) is 22.6 Å². The largest absolute Gasteiger partial charge is 0.395 e. The van der Waals surface area contributed by atoms with E-state index in [1.54, 1.807) is 31.3 Å². The Kier molecular flexibility index (Phi) is 7.72. The third-order valence-electron chi connectivity index (χ3n) is 5.40. The zero-order chi connectivity index (χ0) is 25.0. The second-order valence-electron chi connectivity index (χ2n) is 8.21. The number of nitrogens with zero attached hydrogens (tertiary/aromatic N) is 3. The van der Waals surface area contributed by atoms with Crippen LogP contribution in [-0.2, 0) is 19.5 Å². The smallest absolute Gasteiger partial charge is 0.223 e. The van der Waals surface area contributed by atoms with E-state index >= 15 is 0 Å². The summed E-state index contributed by atoms with van der Waals surface area (Å²) in [5, 5.41) is 12.0. The van der Waals surface area contributed by atoms with E-state index in [2.05, 4.69) is 30.0 Å². The Morgan fingerprint density at radius 3 is 2.57 bits per heavy atom. The molecular formula is C22H27FN6O5S. The number of imidazole rings is 1. The van der Waals surface area contributed by atoms with Gasteiger partial charge in [0, 0.05) is 30.3 Å². The van der Waals surface area contributed by atoms with Gasteiger partial charge in [0.25, 0.3) is 0 Å². The summed E-state index contributed by atoms with van der Waals surface area (Å²) in [5.74, 6) is 0.183. The van der Waals surface area contributed by atoms with Crippen LogP contribution in [0.3, 0.4) is 0 Å². The number of aromatic nitrogens is 4. The first-order chi connectivity index (χ1) is 16.7. The van der Waals surface area contributed by atoms with Crippen molar-refractivity contribution in [1.29, 1.82) is 0 Å². The fourth-order valence-corrected chi connectivity index (χ4v) is 4.52. The molecule has 35 heavy (non-hydrogen) atoms. The first-order valence-corrected chi connectivity index (χ1v) is 12.9. The highest BCUT2D eigenvalue weighted by atomic mass is 32.2. The highest BCUT2D eigenvalue weighted by Gasteiger charge is 2.31. The van der Waals surface area contributed by atoms with E-state index in [-0.39, 0.29) is 37.6 Å². The Labute approximate surface area is 202 Å². The van der Waals surface area contributed by atoms with Crippen molar-refractivity contribution in [1.82, 2.24) is 24.7 Å². The van der Waals surface area contributed by atoms with Crippen molar-refractivity contribution in [3.05, 3.63) is 48.2 Å². The second-order valence-corrected chi connectivity index (χ2v) is 9.99. The molecule has 13 heteroatoms. The van der Waals surface area contributed by atoms with Crippen LogP contribution < -0.4 is 10.0 Å². The molecule has 1 atom stereocenters. The average molecular weight is 507 g/mol. The Bertz CT molecular complexity index is 1250. The van der Waals surface area contributed by atoms with E-state index in [4.69, 9.17) is 14.6 Å². The second kappa shape index (κ2) is 10.7. The summed E-state index contributed by atoms with van der Waals surface area (Å²) < 4.78 is 50.9. The predicted octanol–water partition coefficient (Wildman–Crippen LogP) is 1.68. The minimum absolute atomic E-state index is 0.0711. The van der Waals surface area contributed by atoms with E-state index < -0.39 is 16.3 Å². The molecule has 1 fully saturated rings. The molecule has 1 aliphatic heterocycles. The number of hydrogen-bond donors (Lipinski definition) is 4. The van der Waals surface area contributed by atoms with Crippen molar-refractivity contribution < 1.29 is 27.4 Å². The minimum atomic E-state index is -3.35. The molecule has 1 aliphatic rings. The first-order valence-electron chi connectivity index (χ1n) is 11.0. The number of rotatable bonds is 9. The fourth-order valence-electron chi connectivity index (χ4n) is 3.65. The standard InChI is InChI=1S/C22H27FN6O5S/c1-13(29-35(2,31)32)15-11-33-21(34-12-15)20-27-18(14-3-5-16(23)6-4-14)19(28-20)17-7-8-24-22(26-17)25-9-10-30/h3-8,13,15,21,29-30H,9-12H2,1-2H3,(H,27,28)(H,24,25,26).